The van der Waals surface area contributed by atoms with E-state index >= 15 is 0 Å². The predicted octanol–water partition coefficient (Wildman–Crippen LogP) is 3.72. The standard InChI is InChI=1S/C18H25N3/c1-19-14-16-13-15-9-5-6-10-17(15)18(20-16)21-11-7-3-2-4-8-12-21/h5-6,9-10,13,19H,2-4,7-8,11-12,14H2,1H3. The van der Waals surface area contributed by atoms with Crippen LogP contribution in [0.15, 0.2) is 30.3 Å². The molecule has 1 aliphatic heterocycles. The van der Waals surface area contributed by atoms with E-state index in [9.17, 15) is 0 Å². The van der Waals surface area contributed by atoms with E-state index in [-0.39, 0.29) is 0 Å². The fourth-order valence-corrected chi connectivity index (χ4v) is 3.21. The molecule has 1 aromatic heterocycles. The fourth-order valence-electron chi connectivity index (χ4n) is 3.21. The molecule has 0 amide bonds. The smallest absolute Gasteiger partial charge is 0.136 e. The van der Waals surface area contributed by atoms with Crippen molar-refractivity contribution in [3.05, 3.63) is 36.0 Å². The lowest BCUT2D eigenvalue weighted by atomic mass is 10.1. The molecule has 1 saturated heterocycles. The normalized spacial score (nSPS) is 16.7. The largest absolute Gasteiger partial charge is 0.356 e. The quantitative estimate of drug-likeness (QED) is 0.930. The maximum Gasteiger partial charge on any atom is 0.136 e. The fraction of sp³-hybridized carbons (Fsp3) is 0.500. The van der Waals surface area contributed by atoms with E-state index in [4.69, 9.17) is 4.98 Å². The minimum absolute atomic E-state index is 0.825. The van der Waals surface area contributed by atoms with Crippen molar-refractivity contribution < 1.29 is 0 Å². The predicted molar refractivity (Wildman–Crippen MR) is 89.8 cm³/mol. The summed E-state index contributed by atoms with van der Waals surface area (Å²) in [6.07, 6.45) is 6.66. The van der Waals surface area contributed by atoms with E-state index in [1.54, 1.807) is 0 Å². The van der Waals surface area contributed by atoms with Crippen LogP contribution in [-0.2, 0) is 6.54 Å². The first-order valence-electron chi connectivity index (χ1n) is 8.17. The second-order valence-electron chi connectivity index (χ2n) is 5.94. The van der Waals surface area contributed by atoms with Crippen LogP contribution in [0, 0.1) is 0 Å². The molecule has 1 fully saturated rings. The molecule has 0 saturated carbocycles. The molecule has 0 radical (unpaired) electrons. The number of nitrogens with one attached hydrogen (secondary N) is 1. The molecule has 1 N–H and O–H groups in total. The van der Waals surface area contributed by atoms with Crippen molar-refractivity contribution in [2.45, 2.75) is 38.6 Å². The highest BCUT2D eigenvalue weighted by molar-refractivity contribution is 5.92. The molecule has 21 heavy (non-hydrogen) atoms. The Labute approximate surface area is 127 Å². The molecule has 0 spiro atoms. The van der Waals surface area contributed by atoms with E-state index in [0.717, 1.165) is 25.3 Å². The van der Waals surface area contributed by atoms with Gasteiger partial charge in [-0.25, -0.2) is 4.98 Å². The molecule has 0 aliphatic carbocycles. The number of hydrogen-bond acceptors (Lipinski definition) is 3. The van der Waals surface area contributed by atoms with Gasteiger partial charge >= 0.3 is 0 Å². The van der Waals surface area contributed by atoms with Crippen LogP contribution in [0.25, 0.3) is 10.8 Å². The first-order chi connectivity index (χ1) is 10.4. The lowest BCUT2D eigenvalue weighted by molar-refractivity contribution is 0.554. The number of fused-ring (bicyclic) bond motifs is 1. The van der Waals surface area contributed by atoms with Gasteiger partial charge in [0.05, 0.1) is 5.69 Å². The Kier molecular flexibility index (Phi) is 4.71. The highest BCUT2D eigenvalue weighted by Crippen LogP contribution is 2.27. The highest BCUT2D eigenvalue weighted by Gasteiger charge is 2.14. The molecule has 112 valence electrons. The van der Waals surface area contributed by atoms with Crippen LogP contribution in [0.5, 0.6) is 0 Å². The summed E-state index contributed by atoms with van der Waals surface area (Å²) >= 11 is 0. The second-order valence-corrected chi connectivity index (χ2v) is 5.94. The van der Waals surface area contributed by atoms with Crippen molar-refractivity contribution in [1.82, 2.24) is 10.3 Å². The van der Waals surface area contributed by atoms with E-state index in [1.807, 2.05) is 7.05 Å². The van der Waals surface area contributed by atoms with Crippen LogP contribution >= 0.6 is 0 Å². The third kappa shape index (κ3) is 3.35. The van der Waals surface area contributed by atoms with Crippen LogP contribution in [-0.4, -0.2) is 25.1 Å². The minimum Gasteiger partial charge on any atom is -0.356 e. The van der Waals surface area contributed by atoms with E-state index in [0.29, 0.717) is 0 Å². The van der Waals surface area contributed by atoms with Gasteiger partial charge in [-0.2, -0.15) is 0 Å². The summed E-state index contributed by atoms with van der Waals surface area (Å²) in [6, 6.07) is 10.8. The van der Waals surface area contributed by atoms with Crippen LogP contribution in [0.2, 0.25) is 0 Å². The lowest BCUT2D eigenvalue weighted by Gasteiger charge is -2.27. The van der Waals surface area contributed by atoms with Gasteiger partial charge < -0.3 is 10.2 Å². The maximum absolute atomic E-state index is 4.95. The van der Waals surface area contributed by atoms with Gasteiger partial charge in [-0.3, -0.25) is 0 Å². The minimum atomic E-state index is 0.825. The summed E-state index contributed by atoms with van der Waals surface area (Å²) in [7, 11) is 1.98. The molecule has 1 aromatic carbocycles. The van der Waals surface area contributed by atoms with Crippen molar-refractivity contribution in [1.29, 1.82) is 0 Å². The molecule has 0 bridgehead atoms. The van der Waals surface area contributed by atoms with Crippen LogP contribution < -0.4 is 10.2 Å². The lowest BCUT2D eigenvalue weighted by Crippen LogP contribution is -2.28. The van der Waals surface area contributed by atoms with E-state index in [1.165, 1.54) is 48.7 Å². The Morgan fingerprint density at radius 3 is 2.52 bits per heavy atom. The Hall–Kier alpha value is -1.61. The monoisotopic (exact) mass is 283 g/mol. The number of anilines is 1. The third-order valence-electron chi connectivity index (χ3n) is 4.29. The van der Waals surface area contributed by atoms with Gasteiger partial charge in [0.2, 0.25) is 0 Å². The Bertz CT molecular complexity index is 586. The highest BCUT2D eigenvalue weighted by atomic mass is 15.2. The van der Waals surface area contributed by atoms with Gasteiger partial charge in [0.15, 0.2) is 0 Å². The van der Waals surface area contributed by atoms with Crippen molar-refractivity contribution >= 4 is 16.6 Å². The third-order valence-corrected chi connectivity index (χ3v) is 4.29. The van der Waals surface area contributed by atoms with E-state index in [2.05, 4.69) is 40.5 Å². The number of hydrogen-bond donors (Lipinski definition) is 1. The van der Waals surface area contributed by atoms with Crippen molar-refractivity contribution in [2.24, 2.45) is 0 Å². The number of pyridine rings is 1. The first-order valence-corrected chi connectivity index (χ1v) is 8.17. The van der Waals surface area contributed by atoms with Gasteiger partial charge in [-0.15, -0.1) is 0 Å². The summed E-state index contributed by atoms with van der Waals surface area (Å²) in [5.41, 5.74) is 1.13. The summed E-state index contributed by atoms with van der Waals surface area (Å²) in [5, 5.41) is 5.81. The number of nitrogens with zero attached hydrogens (tertiary/aromatic N) is 2. The second kappa shape index (κ2) is 6.90. The molecule has 2 heterocycles. The van der Waals surface area contributed by atoms with Gasteiger partial charge in [0.25, 0.3) is 0 Å². The molecule has 0 atom stereocenters. The maximum atomic E-state index is 4.95. The van der Waals surface area contributed by atoms with Gasteiger partial charge in [0.1, 0.15) is 5.82 Å². The molecule has 3 nitrogen and oxygen atoms in total. The zero-order valence-electron chi connectivity index (χ0n) is 12.9. The zero-order valence-corrected chi connectivity index (χ0v) is 12.9. The average Bonchev–Trinajstić information content (AvgIpc) is 2.47. The summed E-state index contributed by atoms with van der Waals surface area (Å²) in [6.45, 7) is 3.10. The topological polar surface area (TPSA) is 28.2 Å². The van der Waals surface area contributed by atoms with Gasteiger partial charge in [-0.05, 0) is 31.3 Å². The Balaban J connectivity index is 2.01. The number of rotatable bonds is 3. The molecular weight excluding hydrogens is 258 g/mol. The van der Waals surface area contributed by atoms with Crippen LogP contribution in [0.1, 0.15) is 37.8 Å². The molecular formula is C18H25N3. The zero-order chi connectivity index (χ0) is 14.5. The molecule has 1 aliphatic rings. The molecule has 3 rings (SSSR count). The molecule has 3 heteroatoms. The van der Waals surface area contributed by atoms with Crippen LogP contribution in [0.3, 0.4) is 0 Å². The van der Waals surface area contributed by atoms with Gasteiger partial charge in [0, 0.05) is 25.0 Å². The number of benzene rings is 1. The molecule has 2 aromatic rings. The summed E-state index contributed by atoms with van der Waals surface area (Å²) < 4.78 is 0. The van der Waals surface area contributed by atoms with Crippen molar-refractivity contribution in [2.75, 3.05) is 25.0 Å². The molecule has 0 unspecified atom stereocenters. The van der Waals surface area contributed by atoms with Crippen molar-refractivity contribution in [3.8, 4) is 0 Å². The summed E-state index contributed by atoms with van der Waals surface area (Å²) in [5.74, 6) is 1.18. The van der Waals surface area contributed by atoms with Crippen LogP contribution in [0.4, 0.5) is 5.82 Å². The van der Waals surface area contributed by atoms with Crippen molar-refractivity contribution in [3.63, 3.8) is 0 Å². The average molecular weight is 283 g/mol. The Morgan fingerprint density at radius 2 is 1.76 bits per heavy atom. The Morgan fingerprint density at radius 1 is 1.05 bits per heavy atom. The SMILES string of the molecule is CNCc1cc2ccccc2c(N2CCCCCCC2)n1. The van der Waals surface area contributed by atoms with E-state index < -0.39 is 0 Å². The van der Waals surface area contributed by atoms with Gasteiger partial charge in [-0.1, -0.05) is 43.5 Å². The summed E-state index contributed by atoms with van der Waals surface area (Å²) in [4.78, 5) is 7.45. The number of aromatic nitrogens is 1. The first kappa shape index (κ1) is 14.3.